The standard InChI is InChI=1S/C28H37FN2O4S/c1-20(2)8-6-9-23-12-13-28-26(15-23)35-27(18-30(5)17-24-10-7-11-25(29)14-24)21(3)16-31(22(4)19-32)36(28,33)34/h7,10-15,20-22,27,32H,8,16-19H2,1-5H3/t21-,22+,27+/m1/s1. The van der Waals surface area contributed by atoms with Gasteiger partial charge >= 0.3 is 0 Å². The van der Waals surface area contributed by atoms with Crippen LogP contribution in [0.5, 0.6) is 5.75 Å². The number of halogens is 1. The zero-order chi connectivity index (χ0) is 26.5. The summed E-state index contributed by atoms with van der Waals surface area (Å²) in [5.41, 5.74) is 1.53. The van der Waals surface area contributed by atoms with Gasteiger partial charge in [0, 0.05) is 43.6 Å². The summed E-state index contributed by atoms with van der Waals surface area (Å²) in [4.78, 5) is 2.11. The smallest absolute Gasteiger partial charge is 0.247 e. The monoisotopic (exact) mass is 516 g/mol. The van der Waals surface area contributed by atoms with Crippen LogP contribution in [0.4, 0.5) is 4.39 Å². The van der Waals surface area contributed by atoms with Crippen LogP contribution in [-0.4, -0.2) is 61.6 Å². The van der Waals surface area contributed by atoms with Crippen LogP contribution < -0.4 is 4.74 Å². The van der Waals surface area contributed by atoms with Gasteiger partial charge < -0.3 is 9.84 Å². The minimum Gasteiger partial charge on any atom is -0.487 e. The number of likely N-dealkylation sites (N-methyl/N-ethyl adjacent to an activating group) is 1. The summed E-state index contributed by atoms with van der Waals surface area (Å²) in [5, 5.41) is 9.80. The van der Waals surface area contributed by atoms with Crippen molar-refractivity contribution in [2.24, 2.45) is 11.8 Å². The second-order valence-corrected chi connectivity index (χ2v) is 12.0. The van der Waals surface area contributed by atoms with Gasteiger partial charge in [-0.3, -0.25) is 4.90 Å². The van der Waals surface area contributed by atoms with Gasteiger partial charge in [0.2, 0.25) is 10.0 Å². The number of hydrogen-bond acceptors (Lipinski definition) is 5. The summed E-state index contributed by atoms with van der Waals surface area (Å²) < 4.78 is 48.6. The molecule has 1 heterocycles. The molecule has 0 aromatic heterocycles. The van der Waals surface area contributed by atoms with Gasteiger partial charge in [-0.1, -0.05) is 44.7 Å². The zero-order valence-corrected chi connectivity index (χ0v) is 22.6. The van der Waals surface area contributed by atoms with Gasteiger partial charge in [-0.15, -0.1) is 0 Å². The number of aliphatic hydroxyl groups excluding tert-OH is 1. The summed E-state index contributed by atoms with van der Waals surface area (Å²) in [6, 6.07) is 10.8. The van der Waals surface area contributed by atoms with Gasteiger partial charge in [0.05, 0.1) is 6.61 Å². The Balaban J connectivity index is 1.96. The predicted octanol–water partition coefficient (Wildman–Crippen LogP) is 4.12. The highest BCUT2D eigenvalue weighted by Gasteiger charge is 2.38. The molecule has 8 heteroatoms. The first-order valence-corrected chi connectivity index (χ1v) is 13.8. The number of benzene rings is 2. The minimum atomic E-state index is -3.90. The largest absolute Gasteiger partial charge is 0.487 e. The Bertz CT molecular complexity index is 1210. The number of nitrogens with zero attached hydrogens (tertiary/aromatic N) is 2. The first-order valence-electron chi connectivity index (χ1n) is 12.4. The Kier molecular flexibility index (Phi) is 9.53. The summed E-state index contributed by atoms with van der Waals surface area (Å²) >= 11 is 0. The van der Waals surface area contributed by atoms with Crippen molar-refractivity contribution in [2.45, 2.75) is 57.7 Å². The molecule has 0 fully saturated rings. The molecule has 1 aliphatic heterocycles. The van der Waals surface area contributed by atoms with Crippen molar-refractivity contribution < 1.29 is 22.7 Å². The van der Waals surface area contributed by atoms with Crippen molar-refractivity contribution in [1.82, 2.24) is 9.21 Å². The lowest BCUT2D eigenvalue weighted by molar-refractivity contribution is 0.0733. The third-order valence-corrected chi connectivity index (χ3v) is 8.26. The molecule has 36 heavy (non-hydrogen) atoms. The maximum Gasteiger partial charge on any atom is 0.247 e. The van der Waals surface area contributed by atoms with Crippen LogP contribution in [0, 0.1) is 29.5 Å². The number of hydrogen-bond donors (Lipinski definition) is 1. The molecule has 0 saturated heterocycles. The van der Waals surface area contributed by atoms with Crippen molar-refractivity contribution >= 4 is 10.0 Å². The minimum absolute atomic E-state index is 0.0712. The zero-order valence-electron chi connectivity index (χ0n) is 21.7. The van der Waals surface area contributed by atoms with Gasteiger partial charge in [0.15, 0.2) is 0 Å². The predicted molar refractivity (Wildman–Crippen MR) is 140 cm³/mol. The molecule has 196 valence electrons. The van der Waals surface area contributed by atoms with Crippen molar-refractivity contribution in [3.05, 3.63) is 59.4 Å². The molecule has 1 N–H and O–H groups in total. The van der Waals surface area contributed by atoms with Crippen LogP contribution in [0.1, 0.15) is 45.2 Å². The summed E-state index contributed by atoms with van der Waals surface area (Å²) in [6.07, 6.45) is 0.396. The SMILES string of the molecule is CC(C)CC#Cc1ccc2c(c1)O[C@@H](CN(C)Cc1cccc(F)c1)[C@H](C)CN([C@@H](C)CO)S2(=O)=O. The molecule has 6 nitrogen and oxygen atoms in total. The van der Waals surface area contributed by atoms with Crippen LogP contribution in [0.15, 0.2) is 47.4 Å². The van der Waals surface area contributed by atoms with E-state index in [1.807, 2.05) is 24.9 Å². The van der Waals surface area contributed by atoms with E-state index in [1.165, 1.54) is 16.4 Å². The molecule has 2 aromatic rings. The summed E-state index contributed by atoms with van der Waals surface area (Å²) in [7, 11) is -1.97. The highest BCUT2D eigenvalue weighted by atomic mass is 32.2. The van der Waals surface area contributed by atoms with E-state index < -0.39 is 16.1 Å². The molecule has 0 aliphatic carbocycles. The Hall–Kier alpha value is -2.44. The number of rotatable bonds is 7. The molecule has 1 aliphatic rings. The van der Waals surface area contributed by atoms with Crippen LogP contribution in [0.3, 0.4) is 0 Å². The third-order valence-electron chi connectivity index (χ3n) is 6.24. The Morgan fingerprint density at radius 2 is 1.97 bits per heavy atom. The van der Waals surface area contributed by atoms with Crippen molar-refractivity contribution in [1.29, 1.82) is 0 Å². The summed E-state index contributed by atoms with van der Waals surface area (Å²) in [6.45, 7) is 8.77. The Labute approximate surface area is 215 Å². The van der Waals surface area contributed by atoms with Gasteiger partial charge in [-0.2, -0.15) is 4.31 Å². The lowest BCUT2D eigenvalue weighted by Gasteiger charge is -2.37. The quantitative estimate of drug-likeness (QED) is 0.561. The van der Waals surface area contributed by atoms with Crippen LogP contribution >= 0.6 is 0 Å². The highest BCUT2D eigenvalue weighted by molar-refractivity contribution is 7.89. The fourth-order valence-electron chi connectivity index (χ4n) is 4.20. The lowest BCUT2D eigenvalue weighted by Crippen LogP contribution is -2.49. The highest BCUT2D eigenvalue weighted by Crippen LogP contribution is 2.34. The number of ether oxygens (including phenoxy) is 1. The topological polar surface area (TPSA) is 70.1 Å². The molecule has 0 amide bonds. The van der Waals surface area contributed by atoms with Crippen LogP contribution in [0.25, 0.3) is 0 Å². The summed E-state index contributed by atoms with van der Waals surface area (Å²) in [5.74, 6) is 6.50. The first-order chi connectivity index (χ1) is 17.0. The molecule has 0 bridgehead atoms. The van der Waals surface area contributed by atoms with Crippen LogP contribution in [-0.2, 0) is 16.6 Å². The first kappa shape index (κ1) is 28.1. The second-order valence-electron chi connectivity index (χ2n) is 10.1. The van der Waals surface area contributed by atoms with Crippen molar-refractivity contribution in [2.75, 3.05) is 26.7 Å². The van der Waals surface area contributed by atoms with Crippen molar-refractivity contribution in [3.63, 3.8) is 0 Å². The normalized spacial score (nSPS) is 20.6. The molecular weight excluding hydrogens is 479 g/mol. The van der Waals surface area contributed by atoms with E-state index in [0.29, 0.717) is 24.6 Å². The lowest BCUT2D eigenvalue weighted by atomic mass is 10.0. The maximum atomic E-state index is 13.7. The van der Waals surface area contributed by atoms with Gasteiger partial charge in [0.1, 0.15) is 22.6 Å². The molecular formula is C28H37FN2O4S. The van der Waals surface area contributed by atoms with E-state index >= 15 is 0 Å². The number of aliphatic hydroxyl groups is 1. The van der Waals surface area contributed by atoms with Gasteiger partial charge in [0.25, 0.3) is 0 Å². The van der Waals surface area contributed by atoms with Crippen LogP contribution in [0.2, 0.25) is 0 Å². The molecule has 0 unspecified atom stereocenters. The Morgan fingerprint density at radius 3 is 2.64 bits per heavy atom. The second kappa shape index (κ2) is 12.2. The fourth-order valence-corrected chi connectivity index (χ4v) is 6.02. The Morgan fingerprint density at radius 1 is 1.22 bits per heavy atom. The van der Waals surface area contributed by atoms with E-state index in [0.717, 1.165) is 12.0 Å². The van der Waals surface area contributed by atoms with E-state index in [-0.39, 0.29) is 41.6 Å². The molecule has 3 rings (SSSR count). The average Bonchev–Trinajstić information content (AvgIpc) is 2.80. The van der Waals surface area contributed by atoms with Gasteiger partial charge in [-0.05, 0) is 55.8 Å². The number of fused-ring (bicyclic) bond motifs is 1. The maximum absolute atomic E-state index is 13.7. The fraction of sp³-hybridized carbons (Fsp3) is 0.500. The van der Waals surface area contributed by atoms with E-state index in [4.69, 9.17) is 4.74 Å². The van der Waals surface area contributed by atoms with E-state index in [1.54, 1.807) is 31.2 Å². The number of sulfonamides is 1. The molecule has 0 radical (unpaired) electrons. The third kappa shape index (κ3) is 7.07. The van der Waals surface area contributed by atoms with E-state index in [2.05, 4.69) is 25.7 Å². The average molecular weight is 517 g/mol. The van der Waals surface area contributed by atoms with Gasteiger partial charge in [-0.25, -0.2) is 12.8 Å². The molecule has 0 spiro atoms. The molecule has 3 atom stereocenters. The molecule has 0 saturated carbocycles. The molecule has 2 aromatic carbocycles. The van der Waals surface area contributed by atoms with E-state index in [9.17, 15) is 17.9 Å². The van der Waals surface area contributed by atoms with Crippen molar-refractivity contribution in [3.8, 4) is 17.6 Å².